The van der Waals surface area contributed by atoms with Crippen molar-refractivity contribution in [1.82, 2.24) is 5.32 Å². The molecular formula is C16H25NO3. The molecule has 0 aliphatic carbocycles. The van der Waals surface area contributed by atoms with E-state index >= 15 is 0 Å². The molecule has 1 aromatic carbocycles. The van der Waals surface area contributed by atoms with Gasteiger partial charge >= 0.3 is 0 Å². The van der Waals surface area contributed by atoms with Gasteiger partial charge < -0.3 is 15.2 Å². The molecule has 0 heterocycles. The first-order chi connectivity index (χ1) is 9.65. The molecular weight excluding hydrogens is 254 g/mol. The number of hydrogen-bond acceptors (Lipinski definition) is 3. The van der Waals surface area contributed by atoms with E-state index in [1.54, 1.807) is 0 Å². The molecule has 0 radical (unpaired) electrons. The molecule has 4 nitrogen and oxygen atoms in total. The maximum absolute atomic E-state index is 11.6. The first kappa shape index (κ1) is 16.5. The van der Waals surface area contributed by atoms with Crippen molar-refractivity contribution < 1.29 is 14.6 Å². The highest BCUT2D eigenvalue weighted by atomic mass is 16.5. The monoisotopic (exact) mass is 279 g/mol. The Morgan fingerprint density at radius 1 is 1.20 bits per heavy atom. The molecule has 0 fully saturated rings. The number of hydrogen-bond donors (Lipinski definition) is 2. The number of nitrogens with one attached hydrogen (secondary N) is 1. The number of para-hydroxylation sites is 1. The van der Waals surface area contributed by atoms with Gasteiger partial charge in [-0.05, 0) is 44.2 Å². The van der Waals surface area contributed by atoms with Gasteiger partial charge in [0.2, 0.25) is 5.91 Å². The summed E-state index contributed by atoms with van der Waals surface area (Å²) in [7, 11) is 0. The largest absolute Gasteiger partial charge is 0.493 e. The van der Waals surface area contributed by atoms with Gasteiger partial charge in [0, 0.05) is 13.2 Å². The molecule has 0 unspecified atom stereocenters. The van der Waals surface area contributed by atoms with Crippen molar-refractivity contribution >= 4 is 5.91 Å². The van der Waals surface area contributed by atoms with Gasteiger partial charge in [-0.15, -0.1) is 0 Å². The highest BCUT2D eigenvalue weighted by Gasteiger charge is 2.05. The molecule has 0 aromatic heterocycles. The lowest BCUT2D eigenvalue weighted by molar-refractivity contribution is -0.121. The normalized spacial score (nSPS) is 10.3. The molecule has 1 amide bonds. The summed E-state index contributed by atoms with van der Waals surface area (Å²) in [4.78, 5) is 11.6. The second kappa shape index (κ2) is 9.37. The molecule has 0 saturated heterocycles. The van der Waals surface area contributed by atoms with Crippen LogP contribution >= 0.6 is 0 Å². The van der Waals surface area contributed by atoms with E-state index in [2.05, 4.69) is 5.32 Å². The Labute approximate surface area is 121 Å². The van der Waals surface area contributed by atoms with Gasteiger partial charge in [-0.2, -0.15) is 0 Å². The van der Waals surface area contributed by atoms with Crippen molar-refractivity contribution in [1.29, 1.82) is 0 Å². The molecule has 0 atom stereocenters. The van der Waals surface area contributed by atoms with E-state index in [0.717, 1.165) is 36.1 Å². The summed E-state index contributed by atoms with van der Waals surface area (Å²) in [5.41, 5.74) is 2.18. The summed E-state index contributed by atoms with van der Waals surface area (Å²) in [6.45, 7) is 5.29. The second-order valence-corrected chi connectivity index (χ2v) is 4.95. The fraction of sp³-hybridized carbons (Fsp3) is 0.562. The molecule has 0 aliphatic heterocycles. The minimum Gasteiger partial charge on any atom is -0.493 e. The number of aryl methyl sites for hydroxylation is 2. The molecule has 0 bridgehead atoms. The number of carbonyl (C=O) groups is 1. The lowest BCUT2D eigenvalue weighted by atomic mass is 10.1. The number of aliphatic hydroxyl groups excluding tert-OH is 1. The summed E-state index contributed by atoms with van der Waals surface area (Å²) in [5.74, 6) is 0.892. The van der Waals surface area contributed by atoms with E-state index in [1.807, 2.05) is 32.0 Å². The van der Waals surface area contributed by atoms with Crippen molar-refractivity contribution in [2.24, 2.45) is 0 Å². The highest BCUT2D eigenvalue weighted by Crippen LogP contribution is 2.22. The maximum Gasteiger partial charge on any atom is 0.223 e. The van der Waals surface area contributed by atoms with Crippen molar-refractivity contribution in [2.75, 3.05) is 19.8 Å². The van der Waals surface area contributed by atoms with Crippen molar-refractivity contribution in [2.45, 2.75) is 39.5 Å². The average molecular weight is 279 g/mol. The summed E-state index contributed by atoms with van der Waals surface area (Å²) in [6.07, 6.45) is 3.01. The number of unbranched alkanes of at least 4 members (excludes halogenated alkanes) is 2. The predicted octanol–water partition coefficient (Wildman–Crippen LogP) is 2.35. The molecule has 0 saturated carbocycles. The summed E-state index contributed by atoms with van der Waals surface area (Å²) < 4.78 is 5.69. The quantitative estimate of drug-likeness (QED) is 0.682. The number of ether oxygens (including phenoxy) is 1. The molecule has 1 rings (SSSR count). The predicted molar refractivity (Wildman–Crippen MR) is 80.0 cm³/mol. The maximum atomic E-state index is 11.6. The second-order valence-electron chi connectivity index (χ2n) is 4.95. The van der Waals surface area contributed by atoms with E-state index in [9.17, 15) is 4.79 Å². The van der Waals surface area contributed by atoms with Crippen LogP contribution in [0.1, 0.15) is 36.8 Å². The van der Waals surface area contributed by atoms with Gasteiger partial charge in [0.15, 0.2) is 0 Å². The van der Waals surface area contributed by atoms with Gasteiger partial charge in [-0.1, -0.05) is 18.2 Å². The first-order valence-corrected chi connectivity index (χ1v) is 7.21. The summed E-state index contributed by atoms with van der Waals surface area (Å²) in [6, 6.07) is 6.00. The van der Waals surface area contributed by atoms with Gasteiger partial charge in [0.1, 0.15) is 5.75 Å². The number of amides is 1. The Morgan fingerprint density at radius 3 is 2.55 bits per heavy atom. The molecule has 2 N–H and O–H groups in total. The van der Waals surface area contributed by atoms with Crippen LogP contribution in [0.2, 0.25) is 0 Å². The first-order valence-electron chi connectivity index (χ1n) is 7.21. The fourth-order valence-electron chi connectivity index (χ4n) is 2.00. The van der Waals surface area contributed by atoms with Gasteiger partial charge in [-0.25, -0.2) is 0 Å². The Balaban J connectivity index is 2.19. The lowest BCUT2D eigenvalue weighted by Crippen LogP contribution is -2.26. The number of rotatable bonds is 9. The smallest absolute Gasteiger partial charge is 0.223 e. The number of benzene rings is 1. The van der Waals surface area contributed by atoms with Crippen LogP contribution in [0.3, 0.4) is 0 Å². The lowest BCUT2D eigenvalue weighted by Gasteiger charge is -2.11. The standard InChI is InChI=1S/C16H25NO3/c1-13-7-6-8-14(2)16(13)20-12-9-15(19)17-10-4-3-5-11-18/h6-8,18H,3-5,9-12H2,1-2H3,(H,17,19). The van der Waals surface area contributed by atoms with E-state index in [-0.39, 0.29) is 12.5 Å². The van der Waals surface area contributed by atoms with Crippen LogP contribution in [0.4, 0.5) is 0 Å². The van der Waals surface area contributed by atoms with Crippen LogP contribution in [-0.4, -0.2) is 30.8 Å². The molecule has 112 valence electrons. The van der Waals surface area contributed by atoms with E-state index in [1.165, 1.54) is 0 Å². The minimum atomic E-state index is 0.0141. The fourth-order valence-corrected chi connectivity index (χ4v) is 2.00. The Kier molecular flexibility index (Phi) is 7.73. The summed E-state index contributed by atoms with van der Waals surface area (Å²) in [5, 5.41) is 11.5. The van der Waals surface area contributed by atoms with E-state index < -0.39 is 0 Å². The molecule has 1 aromatic rings. The Hall–Kier alpha value is -1.55. The van der Waals surface area contributed by atoms with Crippen LogP contribution in [0.25, 0.3) is 0 Å². The van der Waals surface area contributed by atoms with Gasteiger partial charge in [0.25, 0.3) is 0 Å². The van der Waals surface area contributed by atoms with E-state index in [4.69, 9.17) is 9.84 Å². The zero-order chi connectivity index (χ0) is 14.8. The highest BCUT2D eigenvalue weighted by molar-refractivity contribution is 5.75. The number of aliphatic hydroxyl groups is 1. The SMILES string of the molecule is Cc1cccc(C)c1OCCC(=O)NCCCCCO. The van der Waals surface area contributed by atoms with Crippen molar-refractivity contribution in [3.63, 3.8) is 0 Å². The Bertz CT molecular complexity index is 398. The minimum absolute atomic E-state index is 0.0141. The van der Waals surface area contributed by atoms with Crippen molar-refractivity contribution in [3.8, 4) is 5.75 Å². The zero-order valence-electron chi connectivity index (χ0n) is 12.4. The molecule has 4 heteroatoms. The molecule has 0 aliphatic rings. The van der Waals surface area contributed by atoms with Gasteiger partial charge in [0.05, 0.1) is 13.0 Å². The van der Waals surface area contributed by atoms with Crippen LogP contribution in [0.15, 0.2) is 18.2 Å². The van der Waals surface area contributed by atoms with E-state index in [0.29, 0.717) is 19.6 Å². The Morgan fingerprint density at radius 2 is 1.90 bits per heavy atom. The third kappa shape index (κ3) is 6.06. The molecule has 20 heavy (non-hydrogen) atoms. The van der Waals surface area contributed by atoms with Gasteiger partial charge in [-0.3, -0.25) is 4.79 Å². The topological polar surface area (TPSA) is 58.6 Å². The van der Waals surface area contributed by atoms with Crippen molar-refractivity contribution in [3.05, 3.63) is 29.3 Å². The third-order valence-electron chi connectivity index (χ3n) is 3.14. The summed E-state index contributed by atoms with van der Waals surface area (Å²) >= 11 is 0. The zero-order valence-corrected chi connectivity index (χ0v) is 12.4. The molecule has 0 spiro atoms. The van der Waals surface area contributed by atoms with Crippen LogP contribution in [0, 0.1) is 13.8 Å². The van der Waals surface area contributed by atoms with Crippen LogP contribution in [-0.2, 0) is 4.79 Å². The average Bonchev–Trinajstić information content (AvgIpc) is 2.42. The number of carbonyl (C=O) groups excluding carboxylic acids is 1. The third-order valence-corrected chi connectivity index (χ3v) is 3.14. The van der Waals surface area contributed by atoms with Crippen LogP contribution in [0.5, 0.6) is 5.75 Å². The van der Waals surface area contributed by atoms with Crippen LogP contribution < -0.4 is 10.1 Å².